The molecule has 2 rings (SSSR count). The van der Waals surface area contributed by atoms with Crippen molar-refractivity contribution in [1.29, 1.82) is 0 Å². The lowest BCUT2D eigenvalue weighted by Gasteiger charge is -2.14. The Balaban J connectivity index is 1.98. The zero-order valence-electron chi connectivity index (χ0n) is 11.6. The van der Waals surface area contributed by atoms with Crippen LogP contribution in [0.4, 0.5) is 0 Å². The normalized spacial score (nSPS) is 10.7. The molecule has 2 heterocycles. The fourth-order valence-electron chi connectivity index (χ4n) is 1.78. The van der Waals surface area contributed by atoms with Gasteiger partial charge in [-0.3, -0.25) is 4.79 Å². The molecule has 0 fully saturated rings. The van der Waals surface area contributed by atoms with Crippen LogP contribution in [-0.2, 0) is 6.42 Å². The molecule has 0 unspecified atom stereocenters. The van der Waals surface area contributed by atoms with Gasteiger partial charge in [0, 0.05) is 38.0 Å². The van der Waals surface area contributed by atoms with Gasteiger partial charge in [-0.05, 0) is 13.8 Å². The smallest absolute Gasteiger partial charge is 0.291 e. The first-order valence-electron chi connectivity index (χ1n) is 6.08. The highest BCUT2D eigenvalue weighted by atomic mass is 32.1. The molecule has 0 spiro atoms. The molecule has 0 N–H and O–H groups in total. The van der Waals surface area contributed by atoms with E-state index >= 15 is 0 Å². The third-order valence-electron chi connectivity index (χ3n) is 2.77. The minimum absolute atomic E-state index is 0.133. The maximum atomic E-state index is 12.2. The summed E-state index contributed by atoms with van der Waals surface area (Å²) in [6.45, 7) is 6.16. The molecule has 0 saturated heterocycles. The standard InChI is InChI=1S/C13H17N3O2S/c1-8-7-14-11(19-8)5-6-16(4)13(17)12-9(2)15-10(3)18-12/h7H,5-6H2,1-4H3. The van der Waals surface area contributed by atoms with E-state index in [0.717, 1.165) is 11.4 Å². The van der Waals surface area contributed by atoms with Crippen molar-refractivity contribution in [2.45, 2.75) is 27.2 Å². The number of oxazole rings is 1. The van der Waals surface area contributed by atoms with Gasteiger partial charge in [0.05, 0.1) is 10.7 Å². The van der Waals surface area contributed by atoms with Crippen molar-refractivity contribution >= 4 is 17.2 Å². The number of likely N-dealkylation sites (N-methyl/N-ethyl adjacent to an activating group) is 1. The van der Waals surface area contributed by atoms with E-state index in [4.69, 9.17) is 4.42 Å². The summed E-state index contributed by atoms with van der Waals surface area (Å²) in [7, 11) is 1.76. The number of hydrogen-bond donors (Lipinski definition) is 0. The van der Waals surface area contributed by atoms with Crippen LogP contribution in [0.1, 0.15) is 32.0 Å². The summed E-state index contributed by atoms with van der Waals surface area (Å²) in [6.07, 6.45) is 2.61. The lowest BCUT2D eigenvalue weighted by atomic mass is 10.3. The summed E-state index contributed by atoms with van der Waals surface area (Å²) < 4.78 is 5.34. The number of thiazole rings is 1. The quantitative estimate of drug-likeness (QED) is 0.862. The molecular weight excluding hydrogens is 262 g/mol. The Hall–Kier alpha value is -1.69. The van der Waals surface area contributed by atoms with Gasteiger partial charge in [-0.1, -0.05) is 0 Å². The predicted octanol–water partition coefficient (Wildman–Crippen LogP) is 2.37. The summed E-state index contributed by atoms with van der Waals surface area (Å²) in [6, 6.07) is 0. The first-order chi connectivity index (χ1) is 8.97. The molecule has 0 bridgehead atoms. The van der Waals surface area contributed by atoms with E-state index in [1.807, 2.05) is 13.1 Å². The highest BCUT2D eigenvalue weighted by Gasteiger charge is 2.19. The van der Waals surface area contributed by atoms with E-state index < -0.39 is 0 Å². The molecule has 0 aromatic carbocycles. The molecule has 19 heavy (non-hydrogen) atoms. The van der Waals surface area contributed by atoms with Crippen LogP contribution in [0.3, 0.4) is 0 Å². The summed E-state index contributed by atoms with van der Waals surface area (Å²) in [5.41, 5.74) is 0.638. The van der Waals surface area contributed by atoms with Crippen LogP contribution in [0.5, 0.6) is 0 Å². The van der Waals surface area contributed by atoms with Gasteiger partial charge >= 0.3 is 0 Å². The largest absolute Gasteiger partial charge is 0.436 e. The Morgan fingerprint density at radius 1 is 1.42 bits per heavy atom. The van der Waals surface area contributed by atoms with Gasteiger partial charge in [0.1, 0.15) is 0 Å². The second-order valence-electron chi connectivity index (χ2n) is 4.49. The van der Waals surface area contributed by atoms with E-state index in [0.29, 0.717) is 23.9 Å². The first kappa shape index (κ1) is 13.7. The maximum Gasteiger partial charge on any atom is 0.291 e. The molecule has 0 aliphatic rings. The maximum absolute atomic E-state index is 12.2. The molecule has 5 nitrogen and oxygen atoms in total. The molecule has 1 amide bonds. The van der Waals surface area contributed by atoms with E-state index in [9.17, 15) is 4.79 Å². The molecule has 0 saturated carbocycles. The number of aryl methyl sites for hydroxylation is 3. The molecule has 0 atom stereocenters. The molecular formula is C13H17N3O2S. The van der Waals surface area contributed by atoms with Gasteiger partial charge < -0.3 is 9.32 Å². The summed E-state index contributed by atoms with van der Waals surface area (Å²) in [4.78, 5) is 23.4. The zero-order chi connectivity index (χ0) is 14.0. The molecule has 0 aliphatic carbocycles. The van der Waals surface area contributed by atoms with Crippen molar-refractivity contribution in [2.75, 3.05) is 13.6 Å². The fourth-order valence-corrected chi connectivity index (χ4v) is 2.56. The van der Waals surface area contributed by atoms with Crippen molar-refractivity contribution in [2.24, 2.45) is 0 Å². The van der Waals surface area contributed by atoms with Crippen LogP contribution >= 0.6 is 11.3 Å². The SMILES string of the molecule is Cc1nc(C)c(C(=O)N(C)CCc2ncc(C)s2)o1. The van der Waals surface area contributed by atoms with Crippen LogP contribution in [0.15, 0.2) is 10.6 Å². The van der Waals surface area contributed by atoms with Crippen LogP contribution in [0, 0.1) is 20.8 Å². The van der Waals surface area contributed by atoms with Crippen molar-refractivity contribution in [3.63, 3.8) is 0 Å². The second-order valence-corrected chi connectivity index (χ2v) is 5.81. The number of rotatable bonds is 4. The lowest BCUT2D eigenvalue weighted by molar-refractivity contribution is 0.0763. The van der Waals surface area contributed by atoms with Gasteiger partial charge in [-0.15, -0.1) is 11.3 Å². The Morgan fingerprint density at radius 2 is 2.16 bits per heavy atom. The van der Waals surface area contributed by atoms with Crippen molar-refractivity contribution < 1.29 is 9.21 Å². The minimum atomic E-state index is -0.133. The highest BCUT2D eigenvalue weighted by Crippen LogP contribution is 2.14. The van der Waals surface area contributed by atoms with Gasteiger partial charge in [-0.25, -0.2) is 9.97 Å². The van der Waals surface area contributed by atoms with Crippen molar-refractivity contribution in [1.82, 2.24) is 14.9 Å². The van der Waals surface area contributed by atoms with Crippen LogP contribution in [-0.4, -0.2) is 34.4 Å². The Bertz CT molecular complexity index is 588. The van der Waals surface area contributed by atoms with Gasteiger partial charge in [-0.2, -0.15) is 0 Å². The average molecular weight is 279 g/mol. The van der Waals surface area contributed by atoms with Gasteiger partial charge in [0.25, 0.3) is 5.91 Å². The van der Waals surface area contributed by atoms with Crippen LogP contribution in [0.2, 0.25) is 0 Å². The number of amides is 1. The van der Waals surface area contributed by atoms with Gasteiger partial charge in [0.15, 0.2) is 5.89 Å². The van der Waals surface area contributed by atoms with Crippen molar-refractivity contribution in [3.8, 4) is 0 Å². The lowest BCUT2D eigenvalue weighted by Crippen LogP contribution is -2.29. The predicted molar refractivity (Wildman–Crippen MR) is 73.5 cm³/mol. The molecule has 0 radical (unpaired) electrons. The first-order valence-corrected chi connectivity index (χ1v) is 6.90. The molecule has 0 aliphatic heterocycles. The van der Waals surface area contributed by atoms with E-state index in [1.165, 1.54) is 4.88 Å². The molecule has 2 aromatic heterocycles. The number of aromatic nitrogens is 2. The molecule has 2 aromatic rings. The van der Waals surface area contributed by atoms with E-state index in [-0.39, 0.29) is 5.91 Å². The highest BCUT2D eigenvalue weighted by molar-refractivity contribution is 7.11. The van der Waals surface area contributed by atoms with Crippen LogP contribution in [0.25, 0.3) is 0 Å². The van der Waals surface area contributed by atoms with Gasteiger partial charge in [0.2, 0.25) is 5.76 Å². The Labute approximate surface area is 116 Å². The van der Waals surface area contributed by atoms with E-state index in [2.05, 4.69) is 9.97 Å². The third kappa shape index (κ3) is 3.20. The molecule has 102 valence electrons. The summed E-state index contributed by atoms with van der Waals surface area (Å²) in [5.74, 6) is 0.714. The summed E-state index contributed by atoms with van der Waals surface area (Å²) >= 11 is 1.66. The number of nitrogens with zero attached hydrogens (tertiary/aromatic N) is 3. The second kappa shape index (κ2) is 5.52. The third-order valence-corrected chi connectivity index (χ3v) is 3.75. The molecule has 6 heteroatoms. The number of carbonyl (C=O) groups is 1. The van der Waals surface area contributed by atoms with E-state index in [1.54, 1.807) is 37.1 Å². The Morgan fingerprint density at radius 3 is 2.68 bits per heavy atom. The minimum Gasteiger partial charge on any atom is -0.436 e. The van der Waals surface area contributed by atoms with Crippen molar-refractivity contribution in [3.05, 3.63) is 33.4 Å². The Kier molecular flexibility index (Phi) is 3.99. The van der Waals surface area contributed by atoms with Crippen LogP contribution < -0.4 is 0 Å². The number of carbonyl (C=O) groups excluding carboxylic acids is 1. The summed E-state index contributed by atoms with van der Waals surface area (Å²) in [5, 5.41) is 1.04. The topological polar surface area (TPSA) is 59.2 Å². The average Bonchev–Trinajstić information content (AvgIpc) is 2.91. The number of hydrogen-bond acceptors (Lipinski definition) is 5. The fraction of sp³-hybridized carbons (Fsp3) is 0.462. The monoisotopic (exact) mass is 279 g/mol. The zero-order valence-corrected chi connectivity index (χ0v) is 12.4.